The molecule has 0 saturated carbocycles. The summed E-state index contributed by atoms with van der Waals surface area (Å²) in [5.41, 5.74) is 1.93. The van der Waals surface area contributed by atoms with Crippen molar-refractivity contribution in [3.8, 4) is 0 Å². The third-order valence-corrected chi connectivity index (χ3v) is 3.68. The van der Waals surface area contributed by atoms with Gasteiger partial charge >= 0.3 is 0 Å². The summed E-state index contributed by atoms with van der Waals surface area (Å²) in [7, 11) is 0. The second-order valence-electron chi connectivity index (χ2n) is 5.03. The molecule has 6 heteroatoms. The van der Waals surface area contributed by atoms with E-state index in [1.165, 1.54) is 0 Å². The zero-order valence-electron chi connectivity index (χ0n) is 12.7. The molecule has 2 aromatic carbocycles. The van der Waals surface area contributed by atoms with Gasteiger partial charge in [0, 0.05) is 23.5 Å². The summed E-state index contributed by atoms with van der Waals surface area (Å²) in [6, 6.07) is 18.3. The molecular weight excluding hydrogens is 324 g/mol. The lowest BCUT2D eigenvalue weighted by molar-refractivity contribution is 0.102. The second kappa shape index (κ2) is 7.57. The Labute approximate surface area is 144 Å². The molecule has 24 heavy (non-hydrogen) atoms. The van der Waals surface area contributed by atoms with Crippen molar-refractivity contribution in [2.45, 2.75) is 6.54 Å². The van der Waals surface area contributed by atoms with Crippen LogP contribution in [0.3, 0.4) is 0 Å². The van der Waals surface area contributed by atoms with Gasteiger partial charge in [-0.15, -0.1) is 0 Å². The lowest BCUT2D eigenvalue weighted by Gasteiger charge is -2.08. The number of halogens is 1. The number of nitrogens with one attached hydrogen (secondary N) is 2. The number of rotatable bonds is 5. The van der Waals surface area contributed by atoms with E-state index in [9.17, 15) is 4.79 Å². The fourth-order valence-electron chi connectivity index (χ4n) is 2.10. The first kappa shape index (κ1) is 16.0. The molecule has 1 heterocycles. The molecular formula is C18H15ClN4O. The predicted molar refractivity (Wildman–Crippen MR) is 95.2 cm³/mol. The van der Waals surface area contributed by atoms with Gasteiger partial charge in [-0.05, 0) is 29.8 Å². The monoisotopic (exact) mass is 338 g/mol. The third-order valence-electron chi connectivity index (χ3n) is 3.31. The van der Waals surface area contributed by atoms with Crippen LogP contribution in [0.1, 0.15) is 16.1 Å². The summed E-state index contributed by atoms with van der Waals surface area (Å²) >= 11 is 6.12. The average Bonchev–Trinajstić information content (AvgIpc) is 2.62. The minimum Gasteiger partial charge on any atom is -0.350 e. The highest BCUT2D eigenvalue weighted by Gasteiger charge is 2.09. The number of anilines is 2. The Morgan fingerprint density at radius 2 is 1.75 bits per heavy atom. The number of para-hydroxylation sites is 1. The topological polar surface area (TPSA) is 66.9 Å². The van der Waals surface area contributed by atoms with Gasteiger partial charge in [-0.25, -0.2) is 9.97 Å². The molecule has 3 aromatic rings. The van der Waals surface area contributed by atoms with Crippen LogP contribution in [0.2, 0.25) is 5.02 Å². The van der Waals surface area contributed by atoms with Gasteiger partial charge in [0.15, 0.2) is 0 Å². The Hall–Kier alpha value is -2.92. The molecule has 0 aliphatic heterocycles. The van der Waals surface area contributed by atoms with E-state index in [0.29, 0.717) is 23.2 Å². The number of aromatic nitrogens is 2. The summed E-state index contributed by atoms with van der Waals surface area (Å²) in [5.74, 6) is 0.0834. The largest absolute Gasteiger partial charge is 0.350 e. The maximum atomic E-state index is 12.2. The van der Waals surface area contributed by atoms with Crippen LogP contribution in [0.25, 0.3) is 0 Å². The molecule has 0 aliphatic rings. The SMILES string of the molecule is O=C(Nc1ccccc1)c1ccnc(NCc2ccccc2Cl)n1. The fourth-order valence-corrected chi connectivity index (χ4v) is 2.31. The molecule has 3 rings (SSSR count). The predicted octanol–water partition coefficient (Wildman–Crippen LogP) is 3.99. The lowest BCUT2D eigenvalue weighted by atomic mass is 10.2. The van der Waals surface area contributed by atoms with Crippen LogP contribution in [0.4, 0.5) is 11.6 Å². The number of amides is 1. The first-order chi connectivity index (χ1) is 11.7. The van der Waals surface area contributed by atoms with Crippen molar-refractivity contribution < 1.29 is 4.79 Å². The van der Waals surface area contributed by atoms with Crippen LogP contribution in [0.5, 0.6) is 0 Å². The number of carbonyl (C=O) groups excluding carboxylic acids is 1. The van der Waals surface area contributed by atoms with E-state index >= 15 is 0 Å². The first-order valence-electron chi connectivity index (χ1n) is 7.39. The summed E-state index contributed by atoms with van der Waals surface area (Å²) < 4.78 is 0. The van der Waals surface area contributed by atoms with Gasteiger partial charge in [0.05, 0.1) is 0 Å². The standard InChI is InChI=1S/C18H15ClN4O/c19-15-9-5-4-6-13(15)12-21-18-20-11-10-16(23-18)17(24)22-14-7-2-1-3-8-14/h1-11H,12H2,(H,22,24)(H,20,21,23). The van der Waals surface area contributed by atoms with Crippen LogP contribution in [0.15, 0.2) is 66.9 Å². The van der Waals surface area contributed by atoms with Crippen LogP contribution in [0, 0.1) is 0 Å². The molecule has 0 radical (unpaired) electrons. The molecule has 0 fully saturated rings. The van der Waals surface area contributed by atoms with Crippen molar-refractivity contribution in [1.29, 1.82) is 0 Å². The lowest BCUT2D eigenvalue weighted by Crippen LogP contribution is -2.15. The van der Waals surface area contributed by atoms with Crippen LogP contribution in [-0.2, 0) is 6.54 Å². The van der Waals surface area contributed by atoms with E-state index in [2.05, 4.69) is 20.6 Å². The van der Waals surface area contributed by atoms with Crippen molar-refractivity contribution >= 4 is 29.1 Å². The van der Waals surface area contributed by atoms with Gasteiger partial charge in [-0.3, -0.25) is 4.79 Å². The Balaban J connectivity index is 1.68. The van der Waals surface area contributed by atoms with E-state index < -0.39 is 0 Å². The third kappa shape index (κ3) is 4.08. The zero-order valence-corrected chi connectivity index (χ0v) is 13.5. The molecule has 1 aromatic heterocycles. The smallest absolute Gasteiger partial charge is 0.274 e. The zero-order chi connectivity index (χ0) is 16.8. The van der Waals surface area contributed by atoms with Gasteiger partial charge in [-0.1, -0.05) is 48.0 Å². The number of benzene rings is 2. The van der Waals surface area contributed by atoms with Crippen LogP contribution >= 0.6 is 11.6 Å². The van der Waals surface area contributed by atoms with E-state index in [1.54, 1.807) is 12.3 Å². The van der Waals surface area contributed by atoms with Crippen molar-refractivity contribution in [1.82, 2.24) is 9.97 Å². The van der Waals surface area contributed by atoms with E-state index in [-0.39, 0.29) is 11.6 Å². The Kier molecular flexibility index (Phi) is 5.03. The minimum atomic E-state index is -0.288. The number of hydrogen-bond acceptors (Lipinski definition) is 4. The summed E-state index contributed by atoms with van der Waals surface area (Å²) in [4.78, 5) is 20.6. The molecule has 120 valence electrons. The van der Waals surface area contributed by atoms with Crippen molar-refractivity contribution in [3.05, 3.63) is 83.1 Å². The van der Waals surface area contributed by atoms with Gasteiger partial charge in [0.2, 0.25) is 5.95 Å². The van der Waals surface area contributed by atoms with Gasteiger partial charge in [0.1, 0.15) is 5.69 Å². The molecule has 5 nitrogen and oxygen atoms in total. The molecule has 0 atom stereocenters. The molecule has 0 bridgehead atoms. The van der Waals surface area contributed by atoms with Crippen LogP contribution < -0.4 is 10.6 Å². The highest BCUT2D eigenvalue weighted by Crippen LogP contribution is 2.16. The molecule has 0 saturated heterocycles. The Morgan fingerprint density at radius 1 is 1.00 bits per heavy atom. The molecule has 0 spiro atoms. The quantitative estimate of drug-likeness (QED) is 0.738. The van der Waals surface area contributed by atoms with E-state index in [4.69, 9.17) is 11.6 Å². The minimum absolute atomic E-state index is 0.288. The highest BCUT2D eigenvalue weighted by atomic mass is 35.5. The average molecular weight is 339 g/mol. The Morgan fingerprint density at radius 3 is 2.54 bits per heavy atom. The van der Waals surface area contributed by atoms with Crippen molar-refractivity contribution in [3.63, 3.8) is 0 Å². The Bertz CT molecular complexity index is 839. The fraction of sp³-hybridized carbons (Fsp3) is 0.0556. The maximum Gasteiger partial charge on any atom is 0.274 e. The second-order valence-corrected chi connectivity index (χ2v) is 5.44. The molecule has 0 unspecified atom stereocenters. The van der Waals surface area contributed by atoms with E-state index in [1.807, 2.05) is 54.6 Å². The van der Waals surface area contributed by atoms with Crippen molar-refractivity contribution in [2.24, 2.45) is 0 Å². The number of carbonyl (C=O) groups is 1. The summed E-state index contributed by atoms with van der Waals surface area (Å²) in [6.45, 7) is 0.476. The summed E-state index contributed by atoms with van der Waals surface area (Å²) in [5, 5.41) is 6.53. The van der Waals surface area contributed by atoms with Crippen LogP contribution in [-0.4, -0.2) is 15.9 Å². The highest BCUT2D eigenvalue weighted by molar-refractivity contribution is 6.31. The van der Waals surface area contributed by atoms with Crippen molar-refractivity contribution in [2.75, 3.05) is 10.6 Å². The van der Waals surface area contributed by atoms with Gasteiger partial charge < -0.3 is 10.6 Å². The number of nitrogens with zero attached hydrogens (tertiary/aromatic N) is 2. The first-order valence-corrected chi connectivity index (χ1v) is 7.77. The summed E-state index contributed by atoms with van der Waals surface area (Å²) in [6.07, 6.45) is 1.54. The molecule has 1 amide bonds. The van der Waals surface area contributed by atoms with E-state index in [0.717, 1.165) is 5.56 Å². The van der Waals surface area contributed by atoms with Gasteiger partial charge in [-0.2, -0.15) is 0 Å². The maximum absolute atomic E-state index is 12.2. The van der Waals surface area contributed by atoms with Gasteiger partial charge in [0.25, 0.3) is 5.91 Å². The normalized spacial score (nSPS) is 10.2. The molecule has 2 N–H and O–H groups in total. The molecule has 0 aliphatic carbocycles. The number of hydrogen-bond donors (Lipinski definition) is 2.